The molecule has 4 aliphatic heterocycles. The molecule has 0 spiro atoms. The molecule has 0 fully saturated rings. The zero-order valence-electron chi connectivity index (χ0n) is 52.4. The third-order valence-corrected chi connectivity index (χ3v) is 20.6. The van der Waals surface area contributed by atoms with Crippen LogP contribution in [0.3, 0.4) is 0 Å². The lowest BCUT2D eigenvalue weighted by Gasteiger charge is -2.47. The Balaban J connectivity index is 0.979. The molecule has 0 bridgehead atoms. The molecule has 5 nitrogen and oxygen atoms in total. The van der Waals surface area contributed by atoms with E-state index in [1.165, 1.54) is 11.0 Å². The van der Waals surface area contributed by atoms with E-state index in [-0.39, 0.29) is 21.7 Å². The Hall–Kier alpha value is -11.8. The van der Waals surface area contributed by atoms with Crippen molar-refractivity contribution in [3.8, 4) is 22.3 Å². The first kappa shape index (κ1) is 58.8. The van der Waals surface area contributed by atoms with Gasteiger partial charge in [-0.1, -0.05) is 236 Å². The van der Waals surface area contributed by atoms with Crippen LogP contribution in [0.15, 0.2) is 337 Å². The normalized spacial score (nSPS) is 13.0. The molecule has 466 valence electrons. The second-order valence-electron chi connectivity index (χ2n) is 24.8. The fourth-order valence-electron chi connectivity index (χ4n) is 15.5. The van der Waals surface area contributed by atoms with E-state index >= 15 is 22.0 Å². The van der Waals surface area contributed by atoms with Crippen molar-refractivity contribution in [3.05, 3.63) is 345 Å². The Morgan fingerprint density at radius 1 is 0.316 bits per heavy atom. The maximum atomic E-state index is 18.3. The first-order valence-electron chi connectivity index (χ1n) is 32.6. The van der Waals surface area contributed by atoms with Crippen molar-refractivity contribution in [2.45, 2.75) is 16.0 Å². The Labute approximate surface area is 569 Å². The molecule has 98 heavy (non-hydrogen) atoms. The second kappa shape index (κ2) is 23.5. The number of anilines is 15. The molecule has 0 radical (unpaired) electrons. The Morgan fingerprint density at radius 3 is 1.34 bits per heavy atom. The monoisotopic (exact) mass is 1290 g/mol. The van der Waals surface area contributed by atoms with Crippen LogP contribution in [-0.4, -0.2) is 13.4 Å². The molecule has 4 aliphatic rings. The average Bonchev–Trinajstić information content (AvgIpc) is 0.678. The molecule has 0 unspecified atom stereocenters. The summed E-state index contributed by atoms with van der Waals surface area (Å²) < 4.78 is 90.9. The van der Waals surface area contributed by atoms with Gasteiger partial charge in [0.05, 0.1) is 28.3 Å². The minimum Gasteiger partial charge on any atom is -0.311 e. The Bertz CT molecular complexity index is 5380. The summed E-state index contributed by atoms with van der Waals surface area (Å²) in [6.45, 7) is -1.72. The molecule has 18 rings (SSSR count). The number of hydrogen-bond acceptors (Lipinski definition) is 6. The lowest BCUT2D eigenvalue weighted by molar-refractivity contribution is -0.139. The number of benzene rings is 14. The van der Waals surface area contributed by atoms with Crippen LogP contribution in [0, 0.1) is 11.6 Å². The Morgan fingerprint density at radius 2 is 0.755 bits per heavy atom. The number of fused-ring (bicyclic) bond motifs is 8. The number of alkyl halides is 3. The van der Waals surface area contributed by atoms with Crippen molar-refractivity contribution < 1.29 is 22.0 Å². The predicted molar refractivity (Wildman–Crippen MR) is 396 cm³/mol. The lowest BCUT2D eigenvalue weighted by atomic mass is 9.30. The molecule has 13 heteroatoms. The minimum absolute atomic E-state index is 0.0578. The van der Waals surface area contributed by atoms with Gasteiger partial charge in [0.25, 0.3) is 6.71 Å². The first-order chi connectivity index (χ1) is 48.2. The molecule has 4 heterocycles. The van der Waals surface area contributed by atoms with Crippen molar-refractivity contribution in [2.75, 3.05) is 24.5 Å². The van der Waals surface area contributed by atoms with Crippen molar-refractivity contribution in [2.24, 2.45) is 0 Å². The van der Waals surface area contributed by atoms with Crippen molar-refractivity contribution in [3.63, 3.8) is 0 Å². The summed E-state index contributed by atoms with van der Waals surface area (Å²) in [5, 5.41) is 0. The number of hydrogen-bond donors (Lipinski definition) is 0. The first-order valence-corrected chi connectivity index (χ1v) is 33.4. The summed E-state index contributed by atoms with van der Waals surface area (Å²) in [5.74, 6) is -2.07. The van der Waals surface area contributed by atoms with E-state index < -0.39 is 42.5 Å². The summed E-state index contributed by atoms with van der Waals surface area (Å²) in [5.41, 5.74) is 14.5. The fourth-order valence-corrected chi connectivity index (χ4v) is 16.8. The summed E-state index contributed by atoms with van der Waals surface area (Å²) in [6, 6.07) is 106. The van der Waals surface area contributed by atoms with Crippen LogP contribution in [0.2, 0.25) is 0 Å². The van der Waals surface area contributed by atoms with Gasteiger partial charge < -0.3 is 24.5 Å². The molecule has 0 saturated carbocycles. The highest BCUT2D eigenvalue weighted by Gasteiger charge is 2.53. The smallest absolute Gasteiger partial charge is 0.311 e. The van der Waals surface area contributed by atoms with E-state index in [1.54, 1.807) is 0 Å². The standard InChI is InChI=1S/C85H54B2F5N5S/c88-69-44-27-45-70(89)83(69)97-76-51-61(94(59-36-15-5-16-37-59)71-46-23-19-40-63(71)55-28-7-1-8-29-55)50-75-80(76)86(66-43-22-26-49-74(66)96(75)72-47-24-20-41-64(72)56-30-9-2-10-31-56)67-54-68-84(79(82(67)97)85(90,91)92)98-78-53-62(93(57-32-11-3-12-33-57)58-34-13-4-14-35-58)52-77-81(78)87(68)65-42-21-25-48-73(65)95(77)60-38-17-6-18-39-60/h1-54H. The van der Waals surface area contributed by atoms with E-state index in [0.29, 0.717) is 32.7 Å². The third-order valence-electron chi connectivity index (χ3n) is 19.3. The summed E-state index contributed by atoms with van der Waals surface area (Å²) >= 11 is 1.06. The predicted octanol–water partition coefficient (Wildman–Crippen LogP) is 20.1. The average molecular weight is 1290 g/mol. The van der Waals surface area contributed by atoms with Crippen LogP contribution in [0.1, 0.15) is 5.56 Å². The van der Waals surface area contributed by atoms with Gasteiger partial charge in [-0.15, -0.1) is 0 Å². The molecular weight excluding hydrogens is 1240 g/mol. The largest absolute Gasteiger partial charge is 0.419 e. The van der Waals surface area contributed by atoms with Crippen molar-refractivity contribution >= 4 is 143 Å². The fraction of sp³-hybridized carbons (Fsp3) is 0.0118. The van der Waals surface area contributed by atoms with Crippen molar-refractivity contribution in [1.82, 2.24) is 0 Å². The highest BCUT2D eigenvalue weighted by Crippen LogP contribution is 2.56. The SMILES string of the molecule is Fc1cccc(F)c1N1c2cc(N(c3ccccc3)c3ccccc3-c3ccccc3)cc3c2B(c2ccccc2N3c2ccccc2-c2ccccc2)c2cc3c(c(C(F)(F)F)c21)Sc1cc(N(c2ccccc2)c2ccccc2)cc2c1B3c1ccccc1N2c1ccccc1. The third kappa shape index (κ3) is 9.46. The van der Waals surface area contributed by atoms with Crippen LogP contribution < -0.4 is 57.3 Å². The van der Waals surface area contributed by atoms with E-state index in [2.05, 4.69) is 74.2 Å². The van der Waals surface area contributed by atoms with Crippen molar-refractivity contribution in [1.29, 1.82) is 0 Å². The zero-order valence-corrected chi connectivity index (χ0v) is 53.2. The van der Waals surface area contributed by atoms with Gasteiger partial charge in [0.1, 0.15) is 17.3 Å². The molecule has 0 amide bonds. The van der Waals surface area contributed by atoms with Gasteiger partial charge in [-0.2, -0.15) is 13.2 Å². The summed E-state index contributed by atoms with van der Waals surface area (Å²) in [4.78, 5) is 10.5. The number of rotatable bonds is 11. The molecule has 14 aromatic carbocycles. The van der Waals surface area contributed by atoms with Crippen LogP contribution in [0.25, 0.3) is 22.3 Å². The van der Waals surface area contributed by atoms with Crippen LogP contribution in [0.5, 0.6) is 0 Å². The van der Waals surface area contributed by atoms with Crippen LogP contribution in [0.4, 0.5) is 107 Å². The van der Waals surface area contributed by atoms with Gasteiger partial charge in [0, 0.05) is 77.8 Å². The van der Waals surface area contributed by atoms with Gasteiger partial charge in [-0.3, -0.25) is 0 Å². The highest BCUT2D eigenvalue weighted by atomic mass is 32.2. The molecular formula is C85H54B2F5N5S. The van der Waals surface area contributed by atoms with Gasteiger partial charge in [0.15, 0.2) is 0 Å². The summed E-state index contributed by atoms with van der Waals surface area (Å²) in [6.07, 6.45) is -5.15. The van der Waals surface area contributed by atoms with Gasteiger partial charge in [0.2, 0.25) is 6.71 Å². The van der Waals surface area contributed by atoms with Gasteiger partial charge in [-0.05, 0) is 148 Å². The maximum Gasteiger partial charge on any atom is 0.419 e. The quantitative estimate of drug-likeness (QED) is 0.0941. The topological polar surface area (TPSA) is 16.2 Å². The minimum atomic E-state index is -5.15. The molecule has 0 saturated heterocycles. The second-order valence-corrected chi connectivity index (χ2v) is 25.9. The van der Waals surface area contributed by atoms with Crippen LogP contribution >= 0.6 is 11.8 Å². The van der Waals surface area contributed by atoms with E-state index in [0.717, 1.165) is 114 Å². The molecule has 14 aromatic rings. The lowest BCUT2D eigenvalue weighted by Crippen LogP contribution is -2.65. The maximum absolute atomic E-state index is 18.3. The molecule has 0 aromatic heterocycles. The van der Waals surface area contributed by atoms with E-state index in [9.17, 15) is 0 Å². The number of halogens is 5. The van der Waals surface area contributed by atoms with E-state index in [1.807, 2.05) is 255 Å². The van der Waals surface area contributed by atoms with Gasteiger partial charge >= 0.3 is 6.18 Å². The van der Waals surface area contributed by atoms with Crippen LogP contribution in [-0.2, 0) is 6.18 Å². The zero-order chi connectivity index (χ0) is 65.8. The highest BCUT2D eigenvalue weighted by molar-refractivity contribution is 8.00. The summed E-state index contributed by atoms with van der Waals surface area (Å²) in [7, 11) is 0. The van der Waals surface area contributed by atoms with E-state index in [4.69, 9.17) is 0 Å². The van der Waals surface area contributed by atoms with Gasteiger partial charge in [-0.25, -0.2) is 8.78 Å². The Kier molecular flexibility index (Phi) is 14.1. The molecule has 0 N–H and O–H groups in total. The number of para-hydroxylation sites is 9. The number of nitrogens with zero attached hydrogens (tertiary/aromatic N) is 5. The molecule has 0 atom stereocenters. The molecule has 0 aliphatic carbocycles.